The van der Waals surface area contributed by atoms with Crippen LogP contribution < -0.4 is 11.3 Å². The molecule has 0 aliphatic rings. The van der Waals surface area contributed by atoms with Crippen LogP contribution in [-0.2, 0) is 0 Å². The molecule has 0 bridgehead atoms. The summed E-state index contributed by atoms with van der Waals surface area (Å²) in [7, 11) is 0. The van der Waals surface area contributed by atoms with Crippen LogP contribution in [0, 0.1) is 0 Å². The molecule has 27 heavy (non-hydrogen) atoms. The van der Waals surface area contributed by atoms with E-state index in [0.29, 0.717) is 5.82 Å². The van der Waals surface area contributed by atoms with Crippen molar-refractivity contribution in [1.29, 1.82) is 0 Å². The van der Waals surface area contributed by atoms with Gasteiger partial charge in [0.25, 0.3) is 0 Å². The van der Waals surface area contributed by atoms with Crippen LogP contribution in [0.5, 0.6) is 0 Å². The molecule has 4 heterocycles. The molecule has 0 radical (unpaired) electrons. The van der Waals surface area contributed by atoms with Gasteiger partial charge in [-0.3, -0.25) is 4.98 Å². The maximum Gasteiger partial charge on any atom is 0.154 e. The number of nitrogens with zero attached hydrogens (tertiary/aromatic N) is 5. The number of pyridine rings is 3. The van der Waals surface area contributed by atoms with Crippen LogP contribution in [0.25, 0.3) is 17.1 Å². The van der Waals surface area contributed by atoms with E-state index in [-0.39, 0.29) is 0 Å². The predicted octanol–water partition coefficient (Wildman–Crippen LogP) is 4.22. The van der Waals surface area contributed by atoms with Crippen molar-refractivity contribution in [2.45, 2.75) is 0 Å². The van der Waals surface area contributed by atoms with Gasteiger partial charge < -0.3 is 5.43 Å². The lowest BCUT2D eigenvalue weighted by molar-refractivity contribution is 0.843. The fourth-order valence-corrected chi connectivity index (χ4v) is 2.81. The first-order chi connectivity index (χ1) is 13.2. The van der Waals surface area contributed by atoms with Crippen LogP contribution in [0.1, 0.15) is 0 Å². The van der Waals surface area contributed by atoms with E-state index < -0.39 is 0 Å². The minimum absolute atomic E-state index is 0.657. The monoisotopic (exact) mass is 487 g/mol. The molecule has 136 valence electrons. The van der Waals surface area contributed by atoms with Crippen molar-refractivity contribution in [1.82, 2.24) is 24.7 Å². The lowest BCUT2D eigenvalue weighted by Gasteiger charge is -1.99. The van der Waals surface area contributed by atoms with Crippen LogP contribution in [-0.4, -0.2) is 24.7 Å². The van der Waals surface area contributed by atoms with Gasteiger partial charge in [0, 0.05) is 18.0 Å². The highest BCUT2D eigenvalue weighted by Gasteiger charge is 2.04. The van der Waals surface area contributed by atoms with E-state index in [1.807, 2.05) is 54.7 Å². The van der Waals surface area contributed by atoms with Crippen LogP contribution in [0.4, 0.5) is 5.82 Å². The van der Waals surface area contributed by atoms with Gasteiger partial charge in [0.05, 0.1) is 11.9 Å². The van der Waals surface area contributed by atoms with E-state index in [1.54, 1.807) is 23.1 Å². The lowest BCUT2D eigenvalue weighted by atomic mass is 10.2. The number of nitrogen functional groups attached to an aromatic ring is 1. The number of hydrogen-bond acceptors (Lipinski definition) is 6. The largest absolute Gasteiger partial charge is 0.308 e. The molecule has 4 rings (SSSR count). The van der Waals surface area contributed by atoms with E-state index in [1.165, 1.54) is 0 Å². The van der Waals surface area contributed by atoms with Gasteiger partial charge in [0.2, 0.25) is 0 Å². The molecule has 0 saturated heterocycles. The number of aromatic nitrogens is 5. The number of anilines is 1. The minimum atomic E-state index is 0.657. The molecule has 0 aliphatic heterocycles. The van der Waals surface area contributed by atoms with Crippen molar-refractivity contribution in [3.63, 3.8) is 0 Å². The van der Waals surface area contributed by atoms with Crippen molar-refractivity contribution in [3.05, 3.63) is 82.4 Å². The van der Waals surface area contributed by atoms with Gasteiger partial charge in [-0.15, -0.1) is 0 Å². The highest BCUT2D eigenvalue weighted by atomic mass is 79.9. The Hall–Kier alpha value is -2.62. The van der Waals surface area contributed by atoms with Gasteiger partial charge in [-0.25, -0.2) is 20.5 Å². The molecule has 0 amide bonds. The van der Waals surface area contributed by atoms with E-state index >= 15 is 0 Å². The molecule has 0 fully saturated rings. The Morgan fingerprint density at radius 3 is 2.30 bits per heavy atom. The zero-order valence-electron chi connectivity index (χ0n) is 14.0. The molecule has 9 heteroatoms. The molecule has 0 saturated carbocycles. The second kappa shape index (κ2) is 9.36. The predicted molar refractivity (Wildman–Crippen MR) is 112 cm³/mol. The fraction of sp³-hybridized carbons (Fsp3) is 0. The summed E-state index contributed by atoms with van der Waals surface area (Å²) >= 11 is 6.54. The summed E-state index contributed by atoms with van der Waals surface area (Å²) < 4.78 is 3.29. The van der Waals surface area contributed by atoms with Crippen molar-refractivity contribution in [3.8, 4) is 17.1 Å². The molecule has 0 unspecified atom stereocenters. The Morgan fingerprint density at radius 2 is 1.67 bits per heavy atom. The van der Waals surface area contributed by atoms with E-state index in [0.717, 1.165) is 26.3 Å². The summed E-state index contributed by atoms with van der Waals surface area (Å²) in [5.74, 6) is 6.51. The van der Waals surface area contributed by atoms with Gasteiger partial charge in [0.15, 0.2) is 5.82 Å². The third-order valence-corrected chi connectivity index (χ3v) is 4.22. The second-order valence-electron chi connectivity index (χ2n) is 5.20. The molecule has 4 aromatic rings. The smallest absolute Gasteiger partial charge is 0.154 e. The molecular weight excluding hydrogens is 474 g/mol. The van der Waals surface area contributed by atoms with Crippen molar-refractivity contribution >= 4 is 37.7 Å². The van der Waals surface area contributed by atoms with Crippen molar-refractivity contribution in [2.24, 2.45) is 5.84 Å². The van der Waals surface area contributed by atoms with Gasteiger partial charge in [-0.2, -0.15) is 5.10 Å². The molecule has 4 aromatic heterocycles. The summed E-state index contributed by atoms with van der Waals surface area (Å²) in [5, 5.41) is 4.30. The molecule has 0 aliphatic carbocycles. The topological polar surface area (TPSA) is 94.5 Å². The first-order valence-corrected chi connectivity index (χ1v) is 9.42. The Kier molecular flexibility index (Phi) is 6.64. The maximum atomic E-state index is 5.09. The Labute approximate surface area is 172 Å². The third kappa shape index (κ3) is 5.43. The van der Waals surface area contributed by atoms with Gasteiger partial charge in [-0.05, 0) is 68.3 Å². The van der Waals surface area contributed by atoms with Gasteiger partial charge in [0.1, 0.15) is 15.0 Å². The average molecular weight is 489 g/mol. The maximum absolute atomic E-state index is 5.09. The number of hydrogen-bond donors (Lipinski definition) is 2. The van der Waals surface area contributed by atoms with Crippen LogP contribution in [0.15, 0.2) is 82.4 Å². The normalized spacial score (nSPS) is 10.0. The zero-order chi connectivity index (χ0) is 19.1. The SMILES string of the molecule is Brc1cccc(-n2cc(-c3ccccn3)cn2)n1.NNc1cccc(Br)n1. The Bertz CT molecular complexity index is 1010. The molecule has 0 aromatic carbocycles. The highest BCUT2D eigenvalue weighted by Crippen LogP contribution is 2.17. The highest BCUT2D eigenvalue weighted by molar-refractivity contribution is 9.10. The molecule has 3 N–H and O–H groups in total. The number of hydrazine groups is 1. The van der Waals surface area contributed by atoms with E-state index in [9.17, 15) is 0 Å². The van der Waals surface area contributed by atoms with Crippen LogP contribution in [0.3, 0.4) is 0 Å². The molecule has 0 spiro atoms. The van der Waals surface area contributed by atoms with Crippen molar-refractivity contribution in [2.75, 3.05) is 5.43 Å². The summed E-state index contributed by atoms with van der Waals surface area (Å²) in [5.41, 5.74) is 4.30. The number of nitrogens with two attached hydrogens (primary N) is 1. The number of halogens is 2. The van der Waals surface area contributed by atoms with Crippen LogP contribution in [0.2, 0.25) is 0 Å². The third-order valence-electron chi connectivity index (χ3n) is 3.34. The number of nitrogens with one attached hydrogen (secondary N) is 1. The zero-order valence-corrected chi connectivity index (χ0v) is 17.2. The van der Waals surface area contributed by atoms with Crippen molar-refractivity contribution < 1.29 is 0 Å². The van der Waals surface area contributed by atoms with Gasteiger partial charge >= 0.3 is 0 Å². The summed E-state index contributed by atoms with van der Waals surface area (Å²) in [6.45, 7) is 0. The minimum Gasteiger partial charge on any atom is -0.308 e. The fourth-order valence-electron chi connectivity index (χ4n) is 2.13. The summed E-state index contributed by atoms with van der Waals surface area (Å²) in [6, 6.07) is 17.0. The van der Waals surface area contributed by atoms with E-state index in [4.69, 9.17) is 5.84 Å². The quantitative estimate of drug-likeness (QED) is 0.254. The molecular formula is C18H15Br2N7. The molecule has 7 nitrogen and oxygen atoms in total. The summed E-state index contributed by atoms with van der Waals surface area (Å²) in [4.78, 5) is 12.6. The standard InChI is InChI=1S/C13H9BrN4.C5H6BrN3/c14-12-5-3-6-13(17-12)18-9-10(8-16-18)11-4-1-2-7-15-11;6-4-2-1-3-5(8-4)9-7/h1-9H;1-3H,7H2,(H,8,9). The number of rotatable bonds is 3. The summed E-state index contributed by atoms with van der Waals surface area (Å²) in [6.07, 6.45) is 5.46. The second-order valence-corrected chi connectivity index (χ2v) is 6.82. The average Bonchev–Trinajstić information content (AvgIpc) is 3.19. The molecule has 0 atom stereocenters. The first kappa shape index (κ1) is 19.2. The van der Waals surface area contributed by atoms with E-state index in [2.05, 4.69) is 57.3 Å². The van der Waals surface area contributed by atoms with Crippen LogP contribution >= 0.6 is 31.9 Å². The first-order valence-electron chi connectivity index (χ1n) is 7.84. The Morgan fingerprint density at radius 1 is 0.889 bits per heavy atom. The lowest BCUT2D eigenvalue weighted by Crippen LogP contribution is -2.07. The van der Waals surface area contributed by atoms with Gasteiger partial charge in [-0.1, -0.05) is 18.2 Å². The Balaban J connectivity index is 0.000000197.